The van der Waals surface area contributed by atoms with Crippen molar-refractivity contribution < 1.29 is 4.92 Å². The third-order valence-corrected chi connectivity index (χ3v) is 3.36. The van der Waals surface area contributed by atoms with Crippen molar-refractivity contribution in [3.8, 4) is 0 Å². The number of nitro groups is 1. The number of hydrogen-bond acceptors (Lipinski definition) is 5. The van der Waals surface area contributed by atoms with Crippen molar-refractivity contribution in [2.45, 2.75) is 27.2 Å². The molecule has 0 spiro atoms. The minimum Gasteiger partial charge on any atom is -0.385 e. The van der Waals surface area contributed by atoms with Crippen molar-refractivity contribution in [2.75, 3.05) is 43.4 Å². The van der Waals surface area contributed by atoms with Crippen LogP contribution in [-0.2, 0) is 0 Å². The maximum Gasteiger partial charge on any atom is 0.273 e. The first kappa shape index (κ1) is 17.2. The van der Waals surface area contributed by atoms with Crippen LogP contribution < -0.4 is 10.6 Å². The molecule has 0 saturated carbocycles. The van der Waals surface area contributed by atoms with Crippen LogP contribution in [0.1, 0.15) is 27.2 Å². The van der Waals surface area contributed by atoms with Gasteiger partial charge in [0.1, 0.15) is 0 Å². The molecule has 1 rings (SSSR count). The number of nitro benzene ring substituents is 1. The highest BCUT2D eigenvalue weighted by Gasteiger charge is 2.09. The number of rotatable bonds is 10. The van der Waals surface area contributed by atoms with E-state index in [1.54, 1.807) is 12.1 Å². The Morgan fingerprint density at radius 3 is 2.10 bits per heavy atom. The summed E-state index contributed by atoms with van der Waals surface area (Å²) >= 11 is 0. The molecule has 0 bridgehead atoms. The molecule has 0 aliphatic carbocycles. The Labute approximate surface area is 126 Å². The largest absolute Gasteiger partial charge is 0.385 e. The standard InChI is InChI=1S/C15H26N4O2/c1-4-7-16-13-10-14(12-15(11-13)19(20)21)17-8-9-18(5-2)6-3/h10-12,16-17H,4-9H2,1-3H3. The molecule has 6 heteroatoms. The van der Waals surface area contributed by atoms with Gasteiger partial charge in [-0.1, -0.05) is 20.8 Å². The number of nitrogens with zero attached hydrogens (tertiary/aromatic N) is 2. The van der Waals surface area contributed by atoms with Gasteiger partial charge in [-0.2, -0.15) is 0 Å². The SMILES string of the molecule is CCCNc1cc(NCCN(CC)CC)cc([N+](=O)[O-])c1. The van der Waals surface area contributed by atoms with Crippen LogP contribution in [0.2, 0.25) is 0 Å². The minimum absolute atomic E-state index is 0.112. The molecule has 0 aliphatic rings. The molecular formula is C15H26N4O2. The van der Waals surface area contributed by atoms with Crippen molar-refractivity contribution in [3.63, 3.8) is 0 Å². The van der Waals surface area contributed by atoms with E-state index >= 15 is 0 Å². The average molecular weight is 294 g/mol. The summed E-state index contributed by atoms with van der Waals surface area (Å²) in [5.74, 6) is 0. The molecule has 0 amide bonds. The highest BCUT2D eigenvalue weighted by Crippen LogP contribution is 2.24. The second-order valence-electron chi connectivity index (χ2n) is 4.91. The molecule has 6 nitrogen and oxygen atoms in total. The lowest BCUT2D eigenvalue weighted by Gasteiger charge is -2.18. The Morgan fingerprint density at radius 1 is 1.05 bits per heavy atom. The third-order valence-electron chi connectivity index (χ3n) is 3.36. The number of likely N-dealkylation sites (N-methyl/N-ethyl adjacent to an activating group) is 1. The van der Waals surface area contributed by atoms with Gasteiger partial charge in [-0.3, -0.25) is 10.1 Å². The molecule has 1 aromatic carbocycles. The molecule has 1 aromatic rings. The van der Waals surface area contributed by atoms with Gasteiger partial charge in [0.05, 0.1) is 4.92 Å². The van der Waals surface area contributed by atoms with Gasteiger partial charge in [0.15, 0.2) is 0 Å². The Hall–Kier alpha value is -1.82. The first-order chi connectivity index (χ1) is 10.1. The van der Waals surface area contributed by atoms with Crippen molar-refractivity contribution in [1.29, 1.82) is 0 Å². The summed E-state index contributed by atoms with van der Waals surface area (Å²) in [4.78, 5) is 12.9. The molecule has 0 atom stereocenters. The molecule has 0 aromatic heterocycles. The summed E-state index contributed by atoms with van der Waals surface area (Å²) in [7, 11) is 0. The van der Waals surface area contributed by atoms with E-state index in [1.165, 1.54) is 0 Å². The van der Waals surface area contributed by atoms with Gasteiger partial charge in [-0.15, -0.1) is 0 Å². The van der Waals surface area contributed by atoms with Crippen molar-refractivity contribution in [1.82, 2.24) is 4.90 Å². The van der Waals surface area contributed by atoms with Crippen LogP contribution in [0.5, 0.6) is 0 Å². The van der Waals surface area contributed by atoms with Crippen LogP contribution in [-0.4, -0.2) is 42.5 Å². The quantitative estimate of drug-likeness (QED) is 0.512. The summed E-state index contributed by atoms with van der Waals surface area (Å²) in [6.07, 6.45) is 0.980. The predicted octanol–water partition coefficient (Wildman–Crippen LogP) is 3.17. The Morgan fingerprint density at radius 2 is 1.62 bits per heavy atom. The lowest BCUT2D eigenvalue weighted by atomic mass is 10.2. The van der Waals surface area contributed by atoms with Crippen molar-refractivity contribution in [2.24, 2.45) is 0 Å². The van der Waals surface area contributed by atoms with Crippen LogP contribution in [0.3, 0.4) is 0 Å². The normalized spacial score (nSPS) is 10.7. The fourth-order valence-corrected chi connectivity index (χ4v) is 2.09. The molecular weight excluding hydrogens is 268 g/mol. The minimum atomic E-state index is -0.354. The van der Waals surface area contributed by atoms with Crippen LogP contribution in [0.25, 0.3) is 0 Å². The van der Waals surface area contributed by atoms with E-state index in [9.17, 15) is 10.1 Å². The van der Waals surface area contributed by atoms with Gasteiger partial charge >= 0.3 is 0 Å². The maximum absolute atomic E-state index is 11.0. The number of hydrogen-bond donors (Lipinski definition) is 2. The first-order valence-corrected chi connectivity index (χ1v) is 7.60. The molecule has 0 unspecified atom stereocenters. The molecule has 0 aliphatic heterocycles. The zero-order valence-electron chi connectivity index (χ0n) is 13.2. The number of benzene rings is 1. The summed E-state index contributed by atoms with van der Waals surface area (Å²) in [5.41, 5.74) is 1.69. The summed E-state index contributed by atoms with van der Waals surface area (Å²) in [6.45, 7) is 10.8. The first-order valence-electron chi connectivity index (χ1n) is 7.60. The van der Waals surface area contributed by atoms with Gasteiger partial charge in [-0.25, -0.2) is 0 Å². The predicted molar refractivity (Wildman–Crippen MR) is 88.2 cm³/mol. The van der Waals surface area contributed by atoms with Gasteiger partial charge in [0.25, 0.3) is 5.69 Å². The van der Waals surface area contributed by atoms with Gasteiger partial charge in [-0.05, 0) is 25.6 Å². The fourth-order valence-electron chi connectivity index (χ4n) is 2.09. The van der Waals surface area contributed by atoms with E-state index < -0.39 is 0 Å². The smallest absolute Gasteiger partial charge is 0.273 e. The molecule has 0 radical (unpaired) electrons. The van der Waals surface area contributed by atoms with E-state index in [2.05, 4.69) is 36.3 Å². The lowest BCUT2D eigenvalue weighted by molar-refractivity contribution is -0.384. The van der Waals surface area contributed by atoms with Gasteiger partial charge in [0.2, 0.25) is 0 Å². The Bertz CT molecular complexity index is 447. The zero-order chi connectivity index (χ0) is 15.7. The monoisotopic (exact) mass is 294 g/mol. The van der Waals surface area contributed by atoms with Crippen molar-refractivity contribution in [3.05, 3.63) is 28.3 Å². The Balaban J connectivity index is 2.71. The number of anilines is 2. The van der Waals surface area contributed by atoms with Crippen LogP contribution in [0.4, 0.5) is 17.1 Å². The molecule has 118 valence electrons. The third kappa shape index (κ3) is 5.99. The van der Waals surface area contributed by atoms with Crippen LogP contribution >= 0.6 is 0 Å². The maximum atomic E-state index is 11.0. The van der Waals surface area contributed by atoms with Gasteiger partial charge in [0, 0.05) is 43.1 Å². The van der Waals surface area contributed by atoms with E-state index in [0.29, 0.717) is 0 Å². The van der Waals surface area contributed by atoms with E-state index in [-0.39, 0.29) is 10.6 Å². The number of nitrogens with one attached hydrogen (secondary N) is 2. The topological polar surface area (TPSA) is 70.4 Å². The van der Waals surface area contributed by atoms with E-state index in [1.807, 2.05) is 6.07 Å². The molecule has 0 fully saturated rings. The molecule has 21 heavy (non-hydrogen) atoms. The second-order valence-corrected chi connectivity index (χ2v) is 4.91. The molecule has 0 saturated heterocycles. The van der Waals surface area contributed by atoms with E-state index in [0.717, 1.165) is 50.5 Å². The van der Waals surface area contributed by atoms with Crippen LogP contribution in [0, 0.1) is 10.1 Å². The fraction of sp³-hybridized carbons (Fsp3) is 0.600. The molecule has 2 N–H and O–H groups in total. The summed E-state index contributed by atoms with van der Waals surface area (Å²) in [6, 6.07) is 5.08. The second kappa shape index (κ2) is 9.18. The van der Waals surface area contributed by atoms with Gasteiger partial charge < -0.3 is 15.5 Å². The lowest BCUT2D eigenvalue weighted by Crippen LogP contribution is -2.28. The molecule has 0 heterocycles. The average Bonchev–Trinajstić information content (AvgIpc) is 2.49. The summed E-state index contributed by atoms with van der Waals surface area (Å²) in [5, 5.41) is 17.5. The van der Waals surface area contributed by atoms with Crippen LogP contribution in [0.15, 0.2) is 18.2 Å². The zero-order valence-corrected chi connectivity index (χ0v) is 13.2. The van der Waals surface area contributed by atoms with Crippen molar-refractivity contribution >= 4 is 17.1 Å². The Kier molecular flexibility index (Phi) is 7.53. The summed E-state index contributed by atoms with van der Waals surface area (Å²) < 4.78 is 0. The number of non-ortho nitro benzene ring substituents is 1. The van der Waals surface area contributed by atoms with E-state index in [4.69, 9.17) is 0 Å². The highest BCUT2D eigenvalue weighted by molar-refractivity contribution is 5.63. The highest BCUT2D eigenvalue weighted by atomic mass is 16.6.